The Kier molecular flexibility index (Phi) is 4.09. The first-order valence-corrected chi connectivity index (χ1v) is 10.1. The van der Waals surface area contributed by atoms with Crippen LogP contribution in [0.25, 0.3) is 0 Å². The van der Waals surface area contributed by atoms with Crippen LogP contribution in [0.15, 0.2) is 11.6 Å². The van der Waals surface area contributed by atoms with Gasteiger partial charge in [-0.05, 0) is 81.0 Å². The van der Waals surface area contributed by atoms with Crippen LogP contribution in [0.5, 0.6) is 0 Å². The Morgan fingerprint density at radius 3 is 2.75 bits per heavy atom. The van der Waals surface area contributed by atoms with Crippen molar-refractivity contribution in [2.24, 2.45) is 28.6 Å². The van der Waals surface area contributed by atoms with Crippen LogP contribution in [0, 0.1) is 40.9 Å². The van der Waals surface area contributed by atoms with Gasteiger partial charge in [0, 0.05) is 11.8 Å². The third kappa shape index (κ3) is 2.10. The van der Waals surface area contributed by atoms with Gasteiger partial charge in [-0.15, -0.1) is 12.3 Å². The summed E-state index contributed by atoms with van der Waals surface area (Å²) in [4.78, 5) is 0. The highest BCUT2D eigenvalue weighted by Gasteiger charge is 2.60. The smallest absolute Gasteiger partial charge is 0.0599 e. The molecule has 0 heterocycles. The topological polar surface area (TPSA) is 40.5 Å². The Bertz CT molecular complexity index is 573. The number of aliphatic hydroxyl groups is 2. The molecule has 24 heavy (non-hydrogen) atoms. The fraction of sp³-hybridized carbons (Fsp3) is 0.818. The van der Waals surface area contributed by atoms with Gasteiger partial charge in [0.1, 0.15) is 0 Å². The molecule has 0 aliphatic heterocycles. The monoisotopic (exact) mass is 328 g/mol. The first kappa shape index (κ1) is 16.7. The van der Waals surface area contributed by atoms with Crippen LogP contribution in [0.4, 0.5) is 0 Å². The molecule has 0 saturated heterocycles. The molecule has 4 aliphatic rings. The zero-order chi connectivity index (χ0) is 16.9. The highest BCUT2D eigenvalue weighted by molar-refractivity contribution is 5.28. The summed E-state index contributed by atoms with van der Waals surface area (Å²) in [5, 5.41) is 20.9. The zero-order valence-corrected chi connectivity index (χ0v) is 15.0. The van der Waals surface area contributed by atoms with E-state index in [4.69, 9.17) is 6.42 Å². The van der Waals surface area contributed by atoms with Crippen molar-refractivity contribution in [1.82, 2.24) is 0 Å². The summed E-state index contributed by atoms with van der Waals surface area (Å²) in [6, 6.07) is 0. The van der Waals surface area contributed by atoms with E-state index in [-0.39, 0.29) is 23.0 Å². The van der Waals surface area contributed by atoms with Gasteiger partial charge in [-0.25, -0.2) is 0 Å². The maximum absolute atomic E-state index is 10.7. The standard InChI is InChI=1S/C22H32O2/c1-3-11-22-12-9-16(23)14-15(22)5-6-17-18-7-8-20(24)21(18,4-2)13-10-19(17)22/h1,5,16-20,23-24H,4,6-14H2,2H3/t16-,17-,18-,19-,20-,21-,22-/m0/s1. The Balaban J connectivity index is 1.72. The van der Waals surface area contributed by atoms with Crippen LogP contribution < -0.4 is 0 Å². The van der Waals surface area contributed by atoms with Gasteiger partial charge in [0.25, 0.3) is 0 Å². The van der Waals surface area contributed by atoms with Gasteiger partial charge in [-0.2, -0.15) is 0 Å². The highest BCUT2D eigenvalue weighted by atomic mass is 16.3. The number of rotatable bonds is 2. The normalized spacial score (nSPS) is 50.2. The fourth-order valence-electron chi connectivity index (χ4n) is 7.41. The number of terminal acetylenes is 1. The number of fused-ring (bicyclic) bond motifs is 5. The minimum absolute atomic E-state index is 0.101. The fourth-order valence-corrected chi connectivity index (χ4v) is 7.41. The molecular weight excluding hydrogens is 296 g/mol. The molecule has 3 saturated carbocycles. The predicted molar refractivity (Wildman–Crippen MR) is 96.1 cm³/mol. The number of aliphatic hydroxyl groups excluding tert-OH is 2. The molecule has 132 valence electrons. The zero-order valence-electron chi connectivity index (χ0n) is 15.0. The van der Waals surface area contributed by atoms with Crippen molar-refractivity contribution in [3.8, 4) is 12.3 Å². The Labute approximate surface area is 146 Å². The van der Waals surface area contributed by atoms with Gasteiger partial charge >= 0.3 is 0 Å². The van der Waals surface area contributed by atoms with Crippen LogP contribution in [-0.2, 0) is 0 Å². The molecule has 2 nitrogen and oxygen atoms in total. The molecule has 7 atom stereocenters. The molecule has 4 aliphatic carbocycles. The SMILES string of the molecule is C#CC[C@]12CC[C@H](O)CC1=CC[C@@H]1[C@@H]2CC[C@]2(CC)[C@@H](O)CC[C@@H]12. The van der Waals surface area contributed by atoms with Crippen molar-refractivity contribution >= 4 is 0 Å². The summed E-state index contributed by atoms with van der Waals surface area (Å²) >= 11 is 0. The minimum Gasteiger partial charge on any atom is -0.393 e. The lowest BCUT2D eigenvalue weighted by Gasteiger charge is -2.59. The second-order valence-electron chi connectivity index (χ2n) is 8.99. The maximum atomic E-state index is 10.7. The quantitative estimate of drug-likeness (QED) is 0.593. The molecule has 0 amide bonds. The van der Waals surface area contributed by atoms with E-state index in [1.54, 1.807) is 0 Å². The third-order valence-corrected chi connectivity index (χ3v) is 8.55. The second-order valence-corrected chi connectivity index (χ2v) is 8.99. The van der Waals surface area contributed by atoms with Crippen molar-refractivity contribution in [2.75, 3.05) is 0 Å². The van der Waals surface area contributed by atoms with Crippen molar-refractivity contribution in [3.05, 3.63) is 11.6 Å². The largest absolute Gasteiger partial charge is 0.393 e. The van der Waals surface area contributed by atoms with Crippen LogP contribution >= 0.6 is 0 Å². The van der Waals surface area contributed by atoms with E-state index < -0.39 is 0 Å². The van der Waals surface area contributed by atoms with E-state index in [1.165, 1.54) is 24.8 Å². The van der Waals surface area contributed by atoms with Crippen molar-refractivity contribution < 1.29 is 10.2 Å². The lowest BCUT2D eigenvalue weighted by atomic mass is 9.46. The molecule has 0 radical (unpaired) electrons. The summed E-state index contributed by atoms with van der Waals surface area (Å²) in [7, 11) is 0. The van der Waals surface area contributed by atoms with Gasteiger partial charge in [-0.1, -0.05) is 18.6 Å². The summed E-state index contributed by atoms with van der Waals surface area (Å²) in [6.45, 7) is 2.28. The first-order chi connectivity index (χ1) is 11.6. The van der Waals surface area contributed by atoms with Gasteiger partial charge in [0.2, 0.25) is 0 Å². The molecular formula is C22H32O2. The van der Waals surface area contributed by atoms with Crippen molar-refractivity contribution in [3.63, 3.8) is 0 Å². The minimum atomic E-state index is -0.176. The molecule has 0 spiro atoms. The average molecular weight is 328 g/mol. The summed E-state index contributed by atoms with van der Waals surface area (Å²) in [5.74, 6) is 5.00. The van der Waals surface area contributed by atoms with Crippen molar-refractivity contribution in [2.45, 2.75) is 83.3 Å². The molecule has 0 bridgehead atoms. The molecule has 3 fully saturated rings. The van der Waals surface area contributed by atoms with Crippen LogP contribution in [0.1, 0.15) is 71.1 Å². The van der Waals surface area contributed by atoms with E-state index >= 15 is 0 Å². The highest BCUT2D eigenvalue weighted by Crippen LogP contribution is 2.66. The van der Waals surface area contributed by atoms with E-state index in [9.17, 15) is 10.2 Å². The molecule has 0 aromatic carbocycles. The Hall–Kier alpha value is -0.780. The lowest BCUT2D eigenvalue weighted by Crippen LogP contribution is -2.52. The number of allylic oxidation sites excluding steroid dienone is 1. The second kappa shape index (κ2) is 5.89. The first-order valence-electron chi connectivity index (χ1n) is 10.1. The number of hydrogen-bond acceptors (Lipinski definition) is 2. The van der Waals surface area contributed by atoms with E-state index in [1.807, 2.05) is 0 Å². The van der Waals surface area contributed by atoms with Gasteiger partial charge < -0.3 is 10.2 Å². The Morgan fingerprint density at radius 1 is 1.17 bits per heavy atom. The van der Waals surface area contributed by atoms with Gasteiger partial charge in [0.15, 0.2) is 0 Å². The number of hydrogen-bond donors (Lipinski definition) is 2. The van der Waals surface area contributed by atoms with Crippen LogP contribution in [0.3, 0.4) is 0 Å². The average Bonchev–Trinajstić information content (AvgIpc) is 2.93. The van der Waals surface area contributed by atoms with E-state index in [0.717, 1.165) is 44.9 Å². The van der Waals surface area contributed by atoms with Crippen molar-refractivity contribution in [1.29, 1.82) is 0 Å². The summed E-state index contributed by atoms with van der Waals surface area (Å²) in [5.41, 5.74) is 1.77. The van der Waals surface area contributed by atoms with Gasteiger partial charge in [0.05, 0.1) is 12.2 Å². The molecule has 4 rings (SSSR count). The summed E-state index contributed by atoms with van der Waals surface area (Å²) < 4.78 is 0. The lowest BCUT2D eigenvalue weighted by molar-refractivity contribution is -0.0857. The molecule has 2 heteroatoms. The van der Waals surface area contributed by atoms with Gasteiger partial charge in [-0.3, -0.25) is 0 Å². The molecule has 0 aromatic heterocycles. The summed E-state index contributed by atoms with van der Waals surface area (Å²) in [6.07, 6.45) is 18.4. The Morgan fingerprint density at radius 2 is 2.00 bits per heavy atom. The van der Waals surface area contributed by atoms with E-state index in [0.29, 0.717) is 17.8 Å². The third-order valence-electron chi connectivity index (χ3n) is 8.55. The molecule has 0 aromatic rings. The molecule has 0 unspecified atom stereocenters. The van der Waals surface area contributed by atoms with E-state index in [2.05, 4.69) is 18.9 Å². The maximum Gasteiger partial charge on any atom is 0.0599 e. The predicted octanol–water partition coefficient (Wildman–Crippen LogP) is 4.06. The van der Waals surface area contributed by atoms with Crippen LogP contribution in [0.2, 0.25) is 0 Å². The van der Waals surface area contributed by atoms with Crippen LogP contribution in [-0.4, -0.2) is 22.4 Å². The molecule has 2 N–H and O–H groups in total.